The Balaban J connectivity index is 2.08. The largest absolute Gasteiger partial charge is 0.442 e. The van der Waals surface area contributed by atoms with Gasteiger partial charge in [0.1, 0.15) is 5.76 Å². The lowest BCUT2D eigenvalue weighted by Crippen LogP contribution is -2.13. The maximum atomic E-state index is 5.68. The fraction of sp³-hybridized carbons (Fsp3) is 0.700. The molecule has 14 heavy (non-hydrogen) atoms. The lowest BCUT2D eigenvalue weighted by Gasteiger charge is -2.06. The Morgan fingerprint density at radius 3 is 3.21 bits per heavy atom. The van der Waals surface area contributed by atoms with E-state index in [9.17, 15) is 0 Å². The molecule has 4 nitrogen and oxygen atoms in total. The van der Waals surface area contributed by atoms with Crippen LogP contribution in [-0.4, -0.2) is 18.6 Å². The van der Waals surface area contributed by atoms with Gasteiger partial charge >= 0.3 is 0 Å². The second-order valence-corrected chi connectivity index (χ2v) is 3.76. The molecular formula is C10H17N3O. The summed E-state index contributed by atoms with van der Waals surface area (Å²) in [5.41, 5.74) is 0. The first-order chi connectivity index (χ1) is 6.81. The highest BCUT2D eigenvalue weighted by atomic mass is 16.4. The van der Waals surface area contributed by atoms with Gasteiger partial charge in [-0.3, -0.25) is 0 Å². The van der Waals surface area contributed by atoms with Crippen LogP contribution in [0.5, 0.6) is 0 Å². The first kappa shape index (κ1) is 9.68. The predicted molar refractivity (Wildman–Crippen MR) is 54.0 cm³/mol. The molecule has 0 amide bonds. The van der Waals surface area contributed by atoms with E-state index in [0.717, 1.165) is 24.6 Å². The highest BCUT2D eigenvalue weighted by Gasteiger charge is 2.21. The van der Waals surface area contributed by atoms with Crippen LogP contribution in [0.1, 0.15) is 43.5 Å². The summed E-state index contributed by atoms with van der Waals surface area (Å²) in [6, 6.07) is 0.561. The van der Waals surface area contributed by atoms with Gasteiger partial charge in [0.05, 0.1) is 18.3 Å². The molecule has 0 bridgehead atoms. The molecule has 0 saturated carbocycles. The maximum absolute atomic E-state index is 5.68. The molecule has 1 fully saturated rings. The summed E-state index contributed by atoms with van der Waals surface area (Å²) >= 11 is 0. The van der Waals surface area contributed by atoms with E-state index in [1.54, 1.807) is 0 Å². The summed E-state index contributed by atoms with van der Waals surface area (Å²) < 4.78 is 5.68. The van der Waals surface area contributed by atoms with Crippen LogP contribution in [0.15, 0.2) is 10.6 Å². The van der Waals surface area contributed by atoms with Crippen molar-refractivity contribution in [1.82, 2.24) is 15.6 Å². The standard InChI is InChI=1S/C10H17N3O/c1-7(11-2)9-6-13-10(14-9)8-4-3-5-12-8/h6-8,11-12H,3-5H2,1-2H3. The molecule has 0 spiro atoms. The van der Waals surface area contributed by atoms with Crippen molar-refractivity contribution in [2.75, 3.05) is 13.6 Å². The van der Waals surface area contributed by atoms with Crippen molar-refractivity contribution in [2.45, 2.75) is 31.8 Å². The molecule has 1 aromatic heterocycles. The lowest BCUT2D eigenvalue weighted by molar-refractivity contribution is 0.379. The zero-order valence-electron chi connectivity index (χ0n) is 8.71. The molecule has 2 atom stereocenters. The van der Waals surface area contributed by atoms with Gasteiger partial charge in [-0.25, -0.2) is 4.98 Å². The Labute approximate surface area is 84.1 Å². The van der Waals surface area contributed by atoms with Gasteiger partial charge in [0.15, 0.2) is 0 Å². The van der Waals surface area contributed by atoms with Crippen molar-refractivity contribution in [3.8, 4) is 0 Å². The zero-order chi connectivity index (χ0) is 9.97. The quantitative estimate of drug-likeness (QED) is 0.765. The van der Waals surface area contributed by atoms with E-state index in [1.165, 1.54) is 6.42 Å². The molecule has 78 valence electrons. The van der Waals surface area contributed by atoms with E-state index in [2.05, 4.69) is 22.5 Å². The van der Waals surface area contributed by atoms with Crippen molar-refractivity contribution in [1.29, 1.82) is 0 Å². The highest BCUT2D eigenvalue weighted by Crippen LogP contribution is 2.24. The Morgan fingerprint density at radius 1 is 1.71 bits per heavy atom. The fourth-order valence-corrected chi connectivity index (χ4v) is 1.70. The molecule has 2 unspecified atom stereocenters. The smallest absolute Gasteiger partial charge is 0.211 e. The van der Waals surface area contributed by atoms with Crippen LogP contribution >= 0.6 is 0 Å². The van der Waals surface area contributed by atoms with Gasteiger partial charge in [0.2, 0.25) is 5.89 Å². The molecule has 1 aliphatic heterocycles. The number of rotatable bonds is 3. The van der Waals surface area contributed by atoms with E-state index in [-0.39, 0.29) is 6.04 Å². The summed E-state index contributed by atoms with van der Waals surface area (Å²) in [7, 11) is 1.92. The first-order valence-corrected chi connectivity index (χ1v) is 5.17. The van der Waals surface area contributed by atoms with Crippen molar-refractivity contribution >= 4 is 0 Å². The third-order valence-electron chi connectivity index (χ3n) is 2.76. The summed E-state index contributed by atoms with van der Waals surface area (Å²) in [6.07, 6.45) is 4.16. The van der Waals surface area contributed by atoms with Crippen molar-refractivity contribution in [3.63, 3.8) is 0 Å². The minimum absolute atomic E-state index is 0.234. The summed E-state index contributed by atoms with van der Waals surface area (Å²) in [5, 5.41) is 6.50. The normalized spacial score (nSPS) is 24.0. The third kappa shape index (κ3) is 1.81. The van der Waals surface area contributed by atoms with E-state index in [4.69, 9.17) is 4.42 Å². The van der Waals surface area contributed by atoms with Crippen LogP contribution in [0.2, 0.25) is 0 Å². The number of hydrogen-bond donors (Lipinski definition) is 2. The zero-order valence-corrected chi connectivity index (χ0v) is 8.71. The molecule has 2 N–H and O–H groups in total. The Bertz CT molecular complexity index is 291. The Morgan fingerprint density at radius 2 is 2.57 bits per heavy atom. The summed E-state index contributed by atoms with van der Waals surface area (Å²) in [6.45, 7) is 3.14. The molecule has 1 aromatic rings. The SMILES string of the molecule is CNC(C)c1cnc(C2CCCN2)o1. The monoisotopic (exact) mass is 195 g/mol. The second kappa shape index (κ2) is 4.11. The average Bonchev–Trinajstić information content (AvgIpc) is 2.86. The van der Waals surface area contributed by atoms with Crippen LogP contribution in [0, 0.1) is 0 Å². The minimum Gasteiger partial charge on any atom is -0.442 e. The number of nitrogens with one attached hydrogen (secondary N) is 2. The second-order valence-electron chi connectivity index (χ2n) is 3.76. The number of nitrogens with zero attached hydrogens (tertiary/aromatic N) is 1. The molecule has 2 heterocycles. The predicted octanol–water partition coefficient (Wildman–Crippen LogP) is 1.38. The molecular weight excluding hydrogens is 178 g/mol. The van der Waals surface area contributed by atoms with Crippen LogP contribution in [0.3, 0.4) is 0 Å². The molecule has 0 aromatic carbocycles. The van der Waals surface area contributed by atoms with Crippen molar-refractivity contribution in [2.24, 2.45) is 0 Å². The molecule has 1 saturated heterocycles. The molecule has 1 aliphatic rings. The summed E-state index contributed by atoms with van der Waals surface area (Å²) in [4.78, 5) is 4.30. The van der Waals surface area contributed by atoms with Gasteiger partial charge in [-0.1, -0.05) is 0 Å². The number of aromatic nitrogens is 1. The number of hydrogen-bond acceptors (Lipinski definition) is 4. The van der Waals surface area contributed by atoms with Gasteiger partial charge in [-0.2, -0.15) is 0 Å². The van der Waals surface area contributed by atoms with Crippen molar-refractivity contribution in [3.05, 3.63) is 17.8 Å². The molecule has 0 radical (unpaired) electrons. The highest BCUT2D eigenvalue weighted by molar-refractivity contribution is 5.03. The summed E-state index contributed by atoms with van der Waals surface area (Å²) in [5.74, 6) is 1.75. The average molecular weight is 195 g/mol. The maximum Gasteiger partial charge on any atom is 0.211 e. The van der Waals surface area contributed by atoms with Crippen molar-refractivity contribution < 1.29 is 4.42 Å². The van der Waals surface area contributed by atoms with Crippen LogP contribution < -0.4 is 10.6 Å². The van der Waals surface area contributed by atoms with Crippen LogP contribution in [0.4, 0.5) is 0 Å². The van der Waals surface area contributed by atoms with Crippen LogP contribution in [0.25, 0.3) is 0 Å². The Hall–Kier alpha value is -0.870. The van der Waals surface area contributed by atoms with E-state index in [0.29, 0.717) is 6.04 Å². The van der Waals surface area contributed by atoms with E-state index in [1.807, 2.05) is 13.2 Å². The minimum atomic E-state index is 0.234. The van der Waals surface area contributed by atoms with Gasteiger partial charge < -0.3 is 15.1 Å². The van der Waals surface area contributed by atoms with Crippen LogP contribution in [-0.2, 0) is 0 Å². The Kier molecular flexibility index (Phi) is 2.84. The molecule has 0 aliphatic carbocycles. The van der Waals surface area contributed by atoms with Gasteiger partial charge in [-0.15, -0.1) is 0 Å². The lowest BCUT2D eigenvalue weighted by atomic mass is 10.2. The van der Waals surface area contributed by atoms with E-state index >= 15 is 0 Å². The first-order valence-electron chi connectivity index (χ1n) is 5.17. The van der Waals surface area contributed by atoms with Gasteiger partial charge in [0, 0.05) is 0 Å². The van der Waals surface area contributed by atoms with Gasteiger partial charge in [0.25, 0.3) is 0 Å². The topological polar surface area (TPSA) is 50.1 Å². The number of oxazole rings is 1. The molecule has 2 rings (SSSR count). The van der Waals surface area contributed by atoms with E-state index < -0.39 is 0 Å². The fourth-order valence-electron chi connectivity index (χ4n) is 1.70. The molecule has 4 heteroatoms. The van der Waals surface area contributed by atoms with Gasteiger partial charge in [-0.05, 0) is 33.4 Å². The third-order valence-corrected chi connectivity index (χ3v) is 2.76.